The van der Waals surface area contributed by atoms with Gasteiger partial charge in [0.05, 0.1) is 18.4 Å². The summed E-state index contributed by atoms with van der Waals surface area (Å²) in [7, 11) is 1.67. The van der Waals surface area contributed by atoms with Gasteiger partial charge in [0.1, 0.15) is 0 Å². The van der Waals surface area contributed by atoms with Crippen LogP contribution in [-0.2, 0) is 16.1 Å². The number of anilines is 1. The monoisotopic (exact) mass is 424 g/mol. The van der Waals surface area contributed by atoms with Crippen molar-refractivity contribution >= 4 is 23.4 Å². The van der Waals surface area contributed by atoms with E-state index in [-0.39, 0.29) is 11.2 Å². The van der Waals surface area contributed by atoms with Crippen LogP contribution in [0.2, 0.25) is 0 Å². The fourth-order valence-electron chi connectivity index (χ4n) is 3.21. The molecule has 0 bridgehead atoms. The summed E-state index contributed by atoms with van der Waals surface area (Å²) in [6.07, 6.45) is 0. The Hall–Kier alpha value is -2.64. The second-order valence-electron chi connectivity index (χ2n) is 7.34. The Kier molecular flexibility index (Phi) is 7.29. The largest absolute Gasteiger partial charge is 0.383 e. The highest BCUT2D eigenvalue weighted by Crippen LogP contribution is 2.28. The molecule has 0 spiro atoms. The van der Waals surface area contributed by atoms with Crippen LogP contribution in [0.4, 0.5) is 5.69 Å². The maximum atomic E-state index is 12.9. The van der Waals surface area contributed by atoms with Gasteiger partial charge in [0, 0.05) is 18.4 Å². The number of thioether (sulfide) groups is 1. The number of rotatable bonds is 8. The molecule has 1 atom stereocenters. The quantitative estimate of drug-likeness (QED) is 0.534. The number of para-hydroxylation sites is 1. The van der Waals surface area contributed by atoms with Gasteiger partial charge in [0.15, 0.2) is 11.0 Å². The molecule has 3 rings (SSSR count). The number of methoxy groups -OCH3 is 1. The standard InChI is InChI=1S/C23H28N4O2S/c1-15-8-6-11-19(14-15)21-25-26-23(27(21)12-13-29-5)30-18(4)22(28)24-20-16(2)9-7-10-17(20)3/h6-11,14,18H,12-13H2,1-5H3,(H,24,28)/t18-/m1/s1. The molecule has 0 saturated carbocycles. The number of hydrogen-bond donors (Lipinski definition) is 1. The maximum absolute atomic E-state index is 12.9. The average molecular weight is 425 g/mol. The minimum atomic E-state index is -0.333. The zero-order chi connectivity index (χ0) is 21.7. The van der Waals surface area contributed by atoms with Gasteiger partial charge in [-0.25, -0.2) is 0 Å². The van der Waals surface area contributed by atoms with Gasteiger partial charge in [-0.3, -0.25) is 9.36 Å². The first-order valence-corrected chi connectivity index (χ1v) is 10.8. The van der Waals surface area contributed by atoms with Crippen LogP contribution in [0.1, 0.15) is 23.6 Å². The van der Waals surface area contributed by atoms with Crippen LogP contribution in [0, 0.1) is 20.8 Å². The van der Waals surface area contributed by atoms with E-state index in [1.54, 1.807) is 7.11 Å². The zero-order valence-corrected chi connectivity index (χ0v) is 18.9. The smallest absolute Gasteiger partial charge is 0.237 e. The summed E-state index contributed by atoms with van der Waals surface area (Å²) in [4.78, 5) is 12.9. The molecule has 7 heteroatoms. The lowest BCUT2D eigenvalue weighted by atomic mass is 10.1. The number of carbonyl (C=O) groups is 1. The van der Waals surface area contributed by atoms with E-state index < -0.39 is 0 Å². The van der Waals surface area contributed by atoms with Gasteiger partial charge in [-0.05, 0) is 44.9 Å². The van der Waals surface area contributed by atoms with Crippen molar-refractivity contribution in [1.82, 2.24) is 14.8 Å². The van der Waals surface area contributed by atoms with Crippen LogP contribution >= 0.6 is 11.8 Å². The summed E-state index contributed by atoms with van der Waals surface area (Å²) < 4.78 is 7.30. The molecule has 0 aliphatic heterocycles. The predicted molar refractivity (Wildman–Crippen MR) is 122 cm³/mol. The van der Waals surface area contributed by atoms with E-state index in [4.69, 9.17) is 4.74 Å². The summed E-state index contributed by atoms with van der Waals surface area (Å²) in [6.45, 7) is 9.07. The molecule has 1 aromatic heterocycles. The Morgan fingerprint density at radius 1 is 1.13 bits per heavy atom. The SMILES string of the molecule is COCCn1c(S[C@H](C)C(=O)Nc2c(C)cccc2C)nnc1-c1cccc(C)c1. The van der Waals surface area contributed by atoms with E-state index in [0.29, 0.717) is 18.3 Å². The molecule has 1 amide bonds. The molecule has 30 heavy (non-hydrogen) atoms. The first-order valence-electron chi connectivity index (χ1n) is 9.93. The third-order valence-electron chi connectivity index (χ3n) is 4.89. The lowest BCUT2D eigenvalue weighted by Gasteiger charge is -2.16. The number of aromatic nitrogens is 3. The van der Waals surface area contributed by atoms with Crippen LogP contribution in [0.5, 0.6) is 0 Å². The van der Waals surface area contributed by atoms with Crippen LogP contribution in [0.25, 0.3) is 11.4 Å². The molecule has 3 aromatic rings. The van der Waals surface area contributed by atoms with Crippen LogP contribution in [0.3, 0.4) is 0 Å². The summed E-state index contributed by atoms with van der Waals surface area (Å²) in [6, 6.07) is 14.1. The highest BCUT2D eigenvalue weighted by Gasteiger charge is 2.21. The van der Waals surface area contributed by atoms with E-state index in [2.05, 4.69) is 34.6 Å². The Morgan fingerprint density at radius 2 is 1.83 bits per heavy atom. The average Bonchev–Trinajstić information content (AvgIpc) is 3.11. The van der Waals surface area contributed by atoms with E-state index in [1.165, 1.54) is 11.8 Å². The summed E-state index contributed by atoms with van der Waals surface area (Å²) in [5, 5.41) is 12.2. The molecule has 0 saturated heterocycles. The van der Waals surface area contributed by atoms with Crippen molar-refractivity contribution in [1.29, 1.82) is 0 Å². The van der Waals surface area contributed by atoms with Gasteiger partial charge in [-0.15, -0.1) is 10.2 Å². The van der Waals surface area contributed by atoms with Crippen LogP contribution in [0.15, 0.2) is 47.6 Å². The van der Waals surface area contributed by atoms with Gasteiger partial charge in [-0.1, -0.05) is 53.7 Å². The number of nitrogens with zero attached hydrogens (tertiary/aromatic N) is 3. The molecule has 0 aliphatic carbocycles. The summed E-state index contributed by atoms with van der Waals surface area (Å²) in [5.41, 5.74) is 5.12. The zero-order valence-electron chi connectivity index (χ0n) is 18.1. The van der Waals surface area contributed by atoms with Crippen molar-refractivity contribution in [2.24, 2.45) is 0 Å². The van der Waals surface area contributed by atoms with Crippen molar-refractivity contribution in [3.8, 4) is 11.4 Å². The molecule has 1 N–H and O–H groups in total. The van der Waals surface area contributed by atoms with E-state index in [1.807, 2.05) is 55.7 Å². The maximum Gasteiger partial charge on any atom is 0.237 e. The predicted octanol–water partition coefficient (Wildman–Crippen LogP) is 4.64. The van der Waals surface area contributed by atoms with Gasteiger partial charge in [0.25, 0.3) is 0 Å². The van der Waals surface area contributed by atoms with Crippen molar-refractivity contribution < 1.29 is 9.53 Å². The first kappa shape index (κ1) is 22.1. The highest BCUT2D eigenvalue weighted by atomic mass is 32.2. The number of hydrogen-bond acceptors (Lipinski definition) is 5. The Balaban J connectivity index is 1.82. The molecule has 0 fully saturated rings. The number of carbonyl (C=O) groups excluding carboxylic acids is 1. The molecule has 2 aromatic carbocycles. The number of benzene rings is 2. The Morgan fingerprint density at radius 3 is 2.50 bits per heavy atom. The molecule has 0 radical (unpaired) electrons. The lowest BCUT2D eigenvalue weighted by molar-refractivity contribution is -0.115. The van der Waals surface area contributed by atoms with Gasteiger partial charge in [-0.2, -0.15) is 0 Å². The number of aryl methyl sites for hydroxylation is 3. The molecule has 0 aliphatic rings. The topological polar surface area (TPSA) is 69.0 Å². The first-order chi connectivity index (χ1) is 14.4. The Labute approximate surface area is 182 Å². The van der Waals surface area contributed by atoms with Crippen LogP contribution < -0.4 is 5.32 Å². The Bertz CT molecular complexity index is 1010. The van der Waals surface area contributed by atoms with Crippen LogP contribution in [-0.4, -0.2) is 39.6 Å². The third kappa shape index (κ3) is 5.09. The number of nitrogens with one attached hydrogen (secondary N) is 1. The van der Waals surface area contributed by atoms with Crippen molar-refractivity contribution in [3.63, 3.8) is 0 Å². The number of ether oxygens (including phenoxy) is 1. The fourth-order valence-corrected chi connectivity index (χ4v) is 4.08. The molecule has 0 unspecified atom stereocenters. The second-order valence-corrected chi connectivity index (χ2v) is 8.64. The van der Waals surface area contributed by atoms with Crippen molar-refractivity contribution in [2.75, 3.05) is 19.0 Å². The normalized spacial score (nSPS) is 12.0. The van der Waals surface area contributed by atoms with Gasteiger partial charge in [0.2, 0.25) is 5.91 Å². The molecule has 6 nitrogen and oxygen atoms in total. The van der Waals surface area contributed by atoms with E-state index >= 15 is 0 Å². The number of amides is 1. The lowest BCUT2D eigenvalue weighted by Crippen LogP contribution is -2.24. The fraction of sp³-hybridized carbons (Fsp3) is 0.348. The van der Waals surface area contributed by atoms with Gasteiger partial charge < -0.3 is 10.1 Å². The summed E-state index contributed by atoms with van der Waals surface area (Å²) in [5.74, 6) is 0.719. The molecular formula is C23H28N4O2S. The molecular weight excluding hydrogens is 396 g/mol. The van der Waals surface area contributed by atoms with Crippen molar-refractivity contribution in [3.05, 3.63) is 59.2 Å². The third-order valence-corrected chi connectivity index (χ3v) is 5.97. The van der Waals surface area contributed by atoms with Crippen molar-refractivity contribution in [2.45, 2.75) is 44.6 Å². The molecule has 158 valence electrons. The van der Waals surface area contributed by atoms with Gasteiger partial charge >= 0.3 is 0 Å². The highest BCUT2D eigenvalue weighted by molar-refractivity contribution is 8.00. The minimum absolute atomic E-state index is 0.0594. The van der Waals surface area contributed by atoms with E-state index in [9.17, 15) is 4.79 Å². The second kappa shape index (κ2) is 9.91. The van der Waals surface area contributed by atoms with E-state index in [0.717, 1.165) is 33.8 Å². The summed E-state index contributed by atoms with van der Waals surface area (Å²) >= 11 is 1.40. The minimum Gasteiger partial charge on any atom is -0.383 e. The molecule has 1 heterocycles.